The molecule has 0 aromatic heterocycles. The molecule has 0 bridgehead atoms. The number of aryl methyl sites for hydroxylation is 1. The van der Waals surface area contributed by atoms with Gasteiger partial charge in [0.15, 0.2) is 11.5 Å². The molecule has 2 radical (unpaired) electrons. The molecule has 6 heteroatoms. The fourth-order valence-electron chi connectivity index (χ4n) is 7.32. The van der Waals surface area contributed by atoms with Crippen molar-refractivity contribution < 1.29 is 26.3 Å². The number of hydrogen-bond acceptors (Lipinski definition) is 5. The number of carbonyl (C=O) groups is 2. The number of aliphatic hydroxyl groups is 1. The fraction of sp³-hybridized carbons (Fsp3) is 0.545. The van der Waals surface area contributed by atoms with E-state index in [1.165, 1.54) is 30.1 Å². The van der Waals surface area contributed by atoms with Gasteiger partial charge in [-0.3, -0.25) is 9.59 Å². The Balaban J connectivity index is 0.000000465. The number of aliphatic hydroxyl groups excluding tert-OH is 1. The Bertz CT molecular complexity index is 1470. The Hall–Kier alpha value is -3.54. The maximum absolute atomic E-state index is 12.7. The van der Waals surface area contributed by atoms with E-state index in [-0.39, 0.29) is 72.3 Å². The Morgan fingerprint density at radius 2 is 1.30 bits per heavy atom. The highest BCUT2D eigenvalue weighted by atomic mass is 16.3. The van der Waals surface area contributed by atoms with Gasteiger partial charge in [-0.15, -0.1) is 0 Å². The molecule has 0 heterocycles. The van der Waals surface area contributed by atoms with Crippen LogP contribution < -0.4 is 0 Å². The third-order valence-electron chi connectivity index (χ3n) is 10.1. The molecule has 3 N–H and O–H groups in total. The van der Waals surface area contributed by atoms with E-state index < -0.39 is 0 Å². The summed E-state index contributed by atoms with van der Waals surface area (Å²) >= 11 is 0. The molecule has 0 fully saturated rings. The smallest absolute Gasteiger partial charge is 0.223 e. The van der Waals surface area contributed by atoms with Crippen LogP contribution in [0.1, 0.15) is 138 Å². The van der Waals surface area contributed by atoms with Gasteiger partial charge in [-0.2, -0.15) is 0 Å². The first-order valence-electron chi connectivity index (χ1n) is 18.8. The van der Waals surface area contributed by atoms with Gasteiger partial charge in [0.25, 0.3) is 0 Å². The van der Waals surface area contributed by atoms with Gasteiger partial charge in [0.05, 0.1) is 13.4 Å². The summed E-state index contributed by atoms with van der Waals surface area (Å²) in [4.78, 5) is 25.2. The van der Waals surface area contributed by atoms with Crippen LogP contribution in [0.2, 0.25) is 6.80 Å². The predicted octanol–water partition coefficient (Wildman–Crippen LogP) is 11.7. The van der Waals surface area contributed by atoms with E-state index in [0.717, 1.165) is 74.5 Å². The molecule has 0 amide bonds. The summed E-state index contributed by atoms with van der Waals surface area (Å²) < 4.78 is 5.99. The Kier molecular flexibility index (Phi) is 18.4. The highest BCUT2D eigenvalue weighted by Crippen LogP contribution is 2.46. The summed E-state index contributed by atoms with van der Waals surface area (Å²) in [6, 6.07) is 3.66. The van der Waals surface area contributed by atoms with Crippen molar-refractivity contribution in [2.75, 3.05) is 0 Å². The largest absolute Gasteiger partial charge is 0.507 e. The minimum Gasteiger partial charge on any atom is -0.507 e. The van der Waals surface area contributed by atoms with Crippen LogP contribution in [0, 0.1) is 17.8 Å². The second-order valence-corrected chi connectivity index (χ2v) is 14.1. The summed E-state index contributed by atoms with van der Waals surface area (Å²) in [5.74, 6) is -0.363. The maximum atomic E-state index is 12.7. The van der Waals surface area contributed by atoms with Crippen LogP contribution >= 0.6 is 0 Å². The normalized spacial score (nSPS) is 22.0. The molecule has 1 aromatic carbocycles. The molecule has 50 heavy (non-hydrogen) atoms. The first kappa shape index (κ1) is 42.6. The van der Waals surface area contributed by atoms with Crippen LogP contribution in [0.15, 0.2) is 82.7 Å². The van der Waals surface area contributed by atoms with Crippen molar-refractivity contribution in [1.82, 2.24) is 0 Å². The van der Waals surface area contributed by atoms with Gasteiger partial charge in [0.1, 0.15) is 11.5 Å². The molecule has 4 rings (SSSR count). The monoisotopic (exact) mass is 685 g/mol. The topological polar surface area (TPSA) is 94.8 Å². The molecule has 0 spiro atoms. The number of benzene rings is 1. The lowest BCUT2D eigenvalue weighted by Crippen LogP contribution is -2.29. The molecule has 0 saturated heterocycles. The number of phenols is 2. The maximum Gasteiger partial charge on any atom is 0.223 e. The van der Waals surface area contributed by atoms with Gasteiger partial charge in [-0.05, 0) is 115 Å². The Labute approximate surface area is 306 Å². The quantitative estimate of drug-likeness (QED) is 0.0881. The first-order valence-corrected chi connectivity index (χ1v) is 18.1. The van der Waals surface area contributed by atoms with Crippen molar-refractivity contribution in [2.45, 2.75) is 139 Å². The second kappa shape index (κ2) is 21.6. The Morgan fingerprint density at radius 3 is 1.78 bits per heavy atom. The van der Waals surface area contributed by atoms with Crippen LogP contribution in [0.5, 0.6) is 11.5 Å². The number of Topliss-reactive ketones (excluding diaryl/α,β-unsaturated/α-hetero) is 1. The molecule has 1 aromatic rings. The number of aromatic hydroxyl groups is 2. The number of phenolic OH excluding ortho intramolecular Hbond substituents is 2. The van der Waals surface area contributed by atoms with Crippen LogP contribution in [0.25, 0.3) is 0 Å². The van der Waals surface area contributed by atoms with Crippen LogP contribution in [-0.4, -0.2) is 34.7 Å². The zero-order valence-corrected chi connectivity index (χ0v) is 31.0. The predicted molar refractivity (Wildman–Crippen MR) is 212 cm³/mol. The lowest BCUT2D eigenvalue weighted by Gasteiger charge is -2.32. The van der Waals surface area contributed by atoms with Crippen LogP contribution in [-0.2, 0) is 16.0 Å². The van der Waals surface area contributed by atoms with Crippen molar-refractivity contribution in [3.05, 3.63) is 93.8 Å². The van der Waals surface area contributed by atoms with E-state index in [1.54, 1.807) is 0 Å². The number of allylic oxidation sites excluding steroid dienone is 9. The number of hydrogen-bond donors (Lipinski definition) is 3. The van der Waals surface area contributed by atoms with Crippen molar-refractivity contribution in [3.8, 4) is 11.5 Å². The fourth-order valence-corrected chi connectivity index (χ4v) is 7.32. The van der Waals surface area contributed by atoms with E-state index in [2.05, 4.69) is 47.9 Å². The molecule has 5 nitrogen and oxygen atoms in total. The summed E-state index contributed by atoms with van der Waals surface area (Å²) in [6.45, 7) is 20.6. The molecule has 0 aliphatic heterocycles. The summed E-state index contributed by atoms with van der Waals surface area (Å²) in [6.07, 6.45) is 17.4. The van der Waals surface area contributed by atoms with E-state index in [9.17, 15) is 24.9 Å². The summed E-state index contributed by atoms with van der Waals surface area (Å²) in [7, 11) is 4.51. The molecular weight excluding hydrogens is 619 g/mol. The highest BCUT2D eigenvalue weighted by Gasteiger charge is 2.37. The molecular formula is C44H65BO5. The van der Waals surface area contributed by atoms with E-state index >= 15 is 0 Å². The van der Waals surface area contributed by atoms with Gasteiger partial charge >= 0.3 is 0 Å². The summed E-state index contributed by atoms with van der Waals surface area (Å²) in [5.41, 5.74) is 6.99. The molecule has 3 aliphatic carbocycles. The van der Waals surface area contributed by atoms with E-state index in [4.69, 9.17) is 1.37 Å². The van der Waals surface area contributed by atoms with Gasteiger partial charge in [0.2, 0.25) is 5.78 Å². The van der Waals surface area contributed by atoms with Crippen LogP contribution in [0.3, 0.4) is 0 Å². The standard InChI is InChI=1S/C21H28O3.C21H30O2.CH3B.CH4/c1-5-6-7-8-15-12-18(22)19(21(24)20(15)23)17-11-14(4)9-10-16(17)13(2)3;1-5-6-7-8-16-12-19(22)21(20(23)13-16)18-11-15(4)9-10-17(18)14(2)3;1-2;/h11-12,16-17,24H,2,5-10H2,1,3-4H3;11-13,17-18,22-23H,2,5-10H2,1,3-4H3;1H3;1H4/t16-,17+;17-,18+;;/m00../s1/i;;1D;. The van der Waals surface area contributed by atoms with Crippen molar-refractivity contribution in [3.63, 3.8) is 0 Å². The molecule has 4 atom stereocenters. The average molecular weight is 686 g/mol. The SMILES string of the molecule is C.C=C(C)[C@@H]1CCC(C)=C[C@H]1C1=C(O)C(=O)C(CCCCC)=CC1=O.C=C(C)[C@@H]1CCC(C)=C[C@H]1c1c(O)cc(CCCCC)cc1O.[2H]C[B]. The molecule has 274 valence electrons. The van der Waals surface area contributed by atoms with E-state index in [1.807, 2.05) is 39.0 Å². The molecule has 0 unspecified atom stereocenters. The lowest BCUT2D eigenvalue weighted by atomic mass is 9.71. The third kappa shape index (κ3) is 11.8. The number of rotatable bonds is 12. The van der Waals surface area contributed by atoms with Crippen LogP contribution in [0.4, 0.5) is 0 Å². The van der Waals surface area contributed by atoms with Gasteiger partial charge < -0.3 is 15.3 Å². The minimum absolute atomic E-state index is 0. The number of unbranched alkanes of at least 4 members (excludes halogenated alkanes) is 4. The first-order chi connectivity index (χ1) is 23.7. The van der Waals surface area contributed by atoms with Crippen molar-refractivity contribution >= 4 is 19.4 Å². The second-order valence-electron chi connectivity index (χ2n) is 14.1. The highest BCUT2D eigenvalue weighted by molar-refractivity contribution is 6.22. The summed E-state index contributed by atoms with van der Waals surface area (Å²) in [5, 5.41) is 31.6. The number of ketones is 2. The van der Waals surface area contributed by atoms with Crippen molar-refractivity contribution in [2.24, 2.45) is 17.8 Å². The third-order valence-corrected chi connectivity index (χ3v) is 10.1. The molecule has 0 saturated carbocycles. The Morgan fingerprint density at radius 1 is 0.840 bits per heavy atom. The van der Waals surface area contributed by atoms with Gasteiger partial charge in [-0.1, -0.05) is 101 Å². The number of carbonyl (C=O) groups excluding carboxylic acids is 2. The minimum atomic E-state index is -0.377. The van der Waals surface area contributed by atoms with E-state index in [0.29, 0.717) is 17.6 Å². The zero-order chi connectivity index (χ0) is 37.5. The lowest BCUT2D eigenvalue weighted by molar-refractivity contribution is -0.118. The van der Waals surface area contributed by atoms with Gasteiger partial charge in [-0.25, -0.2) is 0 Å². The van der Waals surface area contributed by atoms with Gasteiger partial charge in [0, 0.05) is 24.3 Å². The van der Waals surface area contributed by atoms with Crippen molar-refractivity contribution in [1.29, 1.82) is 0 Å². The molecule has 3 aliphatic rings. The zero-order valence-electron chi connectivity index (χ0n) is 32.0. The average Bonchev–Trinajstić information content (AvgIpc) is 3.04.